The van der Waals surface area contributed by atoms with Gasteiger partial charge in [-0.15, -0.1) is 0 Å². The summed E-state index contributed by atoms with van der Waals surface area (Å²) in [5, 5.41) is 2.46. The maximum atomic E-state index is 12.3. The second-order valence-electron chi connectivity index (χ2n) is 4.75. The number of alkyl carbamates (subject to hydrolysis) is 1. The molecule has 4 nitrogen and oxygen atoms in total. The van der Waals surface area contributed by atoms with Crippen LogP contribution >= 0.6 is 12.2 Å². The highest BCUT2D eigenvalue weighted by Gasteiger charge is 2.33. The van der Waals surface area contributed by atoms with Crippen molar-refractivity contribution < 1.29 is 14.3 Å². The molecule has 1 fully saturated rings. The van der Waals surface area contributed by atoms with Gasteiger partial charge < -0.3 is 4.74 Å². The van der Waals surface area contributed by atoms with Crippen molar-refractivity contribution in [2.75, 3.05) is 6.61 Å². The van der Waals surface area contributed by atoms with E-state index in [1.165, 1.54) is 0 Å². The van der Waals surface area contributed by atoms with Gasteiger partial charge in [-0.25, -0.2) is 4.79 Å². The number of carbonyl (C=O) groups is 2. The van der Waals surface area contributed by atoms with E-state index in [1.807, 2.05) is 36.4 Å². The van der Waals surface area contributed by atoms with Crippen LogP contribution in [0.2, 0.25) is 0 Å². The van der Waals surface area contributed by atoms with Crippen LogP contribution < -0.4 is 5.32 Å². The van der Waals surface area contributed by atoms with Gasteiger partial charge in [-0.1, -0.05) is 42.5 Å². The van der Waals surface area contributed by atoms with Crippen molar-refractivity contribution in [2.24, 2.45) is 5.92 Å². The first-order chi connectivity index (χ1) is 10.1. The Bertz CT molecular complexity index is 580. The summed E-state index contributed by atoms with van der Waals surface area (Å²) in [6.45, 7) is 1.98. The van der Waals surface area contributed by atoms with Crippen LogP contribution in [0.25, 0.3) is 6.08 Å². The quantitative estimate of drug-likeness (QED) is 0.688. The Balaban J connectivity index is 2.03. The summed E-state index contributed by atoms with van der Waals surface area (Å²) in [4.78, 5) is 23.9. The molecule has 0 aliphatic heterocycles. The number of allylic oxidation sites excluding steroid dienone is 1. The van der Waals surface area contributed by atoms with Crippen molar-refractivity contribution in [2.45, 2.75) is 19.8 Å². The normalized spacial score (nSPS) is 19.6. The van der Waals surface area contributed by atoms with Gasteiger partial charge in [0, 0.05) is 0 Å². The maximum absolute atomic E-state index is 12.3. The molecule has 0 spiro atoms. The van der Waals surface area contributed by atoms with Gasteiger partial charge in [0.15, 0.2) is 5.78 Å². The minimum atomic E-state index is -0.601. The molecule has 21 heavy (non-hydrogen) atoms. The SMILES string of the molecule is CCOC(=O)NC(=S)C1CCC(=Cc2ccccc2)C1=O. The molecule has 1 unspecified atom stereocenters. The van der Waals surface area contributed by atoms with Gasteiger partial charge in [-0.2, -0.15) is 0 Å². The molecule has 0 heterocycles. The van der Waals surface area contributed by atoms with Crippen LogP contribution in [0.5, 0.6) is 0 Å². The number of hydrogen-bond acceptors (Lipinski definition) is 4. The standard InChI is InChI=1S/C16H17NO3S/c1-2-20-16(19)17-15(21)13-9-8-12(14(13)18)10-11-6-4-3-5-7-11/h3-7,10,13H,2,8-9H2,1H3,(H,17,19,21). The van der Waals surface area contributed by atoms with Gasteiger partial charge in [-0.3, -0.25) is 10.1 Å². The van der Waals surface area contributed by atoms with E-state index >= 15 is 0 Å². The summed E-state index contributed by atoms with van der Waals surface area (Å²) in [5.74, 6) is -0.444. The Labute approximate surface area is 129 Å². The molecule has 1 aliphatic carbocycles. The molecule has 1 aliphatic rings. The number of Topliss-reactive ketones (excluding diaryl/α,β-unsaturated/α-hetero) is 1. The van der Waals surface area contributed by atoms with Crippen molar-refractivity contribution in [3.63, 3.8) is 0 Å². The second-order valence-corrected chi connectivity index (χ2v) is 5.19. The van der Waals surface area contributed by atoms with Crippen LogP contribution in [0.15, 0.2) is 35.9 Å². The van der Waals surface area contributed by atoms with Crippen LogP contribution in [0.3, 0.4) is 0 Å². The van der Waals surface area contributed by atoms with Gasteiger partial charge >= 0.3 is 6.09 Å². The summed E-state index contributed by atoms with van der Waals surface area (Å²) in [7, 11) is 0. The van der Waals surface area contributed by atoms with Crippen LogP contribution in [0.1, 0.15) is 25.3 Å². The molecule has 110 valence electrons. The van der Waals surface area contributed by atoms with E-state index in [0.717, 1.165) is 11.1 Å². The molecule has 1 N–H and O–H groups in total. The first-order valence-corrected chi connectivity index (χ1v) is 7.30. The van der Waals surface area contributed by atoms with Crippen molar-refractivity contribution >= 4 is 35.2 Å². The van der Waals surface area contributed by atoms with Gasteiger partial charge in [-0.05, 0) is 37.0 Å². The third-order valence-corrected chi connectivity index (χ3v) is 3.68. The molecular formula is C16H17NO3S. The summed E-state index contributed by atoms with van der Waals surface area (Å²) in [5.41, 5.74) is 1.74. The number of benzene rings is 1. The lowest BCUT2D eigenvalue weighted by molar-refractivity contribution is -0.116. The molecule has 5 heteroatoms. The smallest absolute Gasteiger partial charge is 0.412 e. The molecule has 1 saturated carbocycles. The van der Waals surface area contributed by atoms with E-state index in [2.05, 4.69) is 5.32 Å². The van der Waals surface area contributed by atoms with Gasteiger partial charge in [0.2, 0.25) is 0 Å². The Hall–Kier alpha value is -2.01. The average Bonchev–Trinajstić information content (AvgIpc) is 2.81. The van der Waals surface area contributed by atoms with E-state index in [-0.39, 0.29) is 17.4 Å². The highest BCUT2D eigenvalue weighted by Crippen LogP contribution is 2.29. The van der Waals surface area contributed by atoms with Gasteiger partial charge in [0.05, 0.1) is 17.5 Å². The Morgan fingerprint density at radius 3 is 2.81 bits per heavy atom. The van der Waals surface area contributed by atoms with E-state index in [9.17, 15) is 9.59 Å². The molecule has 0 radical (unpaired) electrons. The highest BCUT2D eigenvalue weighted by molar-refractivity contribution is 7.80. The van der Waals surface area contributed by atoms with Crippen LogP contribution in [-0.4, -0.2) is 23.5 Å². The zero-order valence-corrected chi connectivity index (χ0v) is 12.6. The minimum Gasteiger partial charge on any atom is -0.450 e. The van der Waals surface area contributed by atoms with Crippen LogP contribution in [0.4, 0.5) is 4.79 Å². The van der Waals surface area contributed by atoms with E-state index in [1.54, 1.807) is 6.92 Å². The predicted molar refractivity (Wildman–Crippen MR) is 84.9 cm³/mol. The first kappa shape index (κ1) is 15.4. The fraction of sp³-hybridized carbons (Fsp3) is 0.312. The Kier molecular flexibility index (Phi) is 5.22. The Morgan fingerprint density at radius 2 is 2.14 bits per heavy atom. The second kappa shape index (κ2) is 7.13. The average molecular weight is 303 g/mol. The Morgan fingerprint density at radius 1 is 1.43 bits per heavy atom. The third kappa shape index (κ3) is 3.98. The van der Waals surface area contributed by atoms with Crippen molar-refractivity contribution in [3.05, 3.63) is 41.5 Å². The number of ether oxygens (including phenoxy) is 1. The highest BCUT2D eigenvalue weighted by atomic mass is 32.1. The van der Waals surface area contributed by atoms with E-state index in [4.69, 9.17) is 17.0 Å². The molecule has 0 saturated heterocycles. The number of nitrogens with one attached hydrogen (secondary N) is 1. The van der Waals surface area contributed by atoms with Crippen molar-refractivity contribution in [1.82, 2.24) is 5.32 Å². The van der Waals surface area contributed by atoms with E-state index < -0.39 is 12.0 Å². The molecule has 1 aromatic rings. The van der Waals surface area contributed by atoms with Crippen LogP contribution in [-0.2, 0) is 9.53 Å². The summed E-state index contributed by atoms with van der Waals surface area (Å²) in [6.07, 6.45) is 2.58. The molecular weight excluding hydrogens is 286 g/mol. The lowest BCUT2D eigenvalue weighted by Gasteiger charge is -2.10. The molecule has 1 aromatic carbocycles. The van der Waals surface area contributed by atoms with Crippen molar-refractivity contribution in [1.29, 1.82) is 0 Å². The first-order valence-electron chi connectivity index (χ1n) is 6.89. The monoisotopic (exact) mass is 303 g/mol. The zero-order chi connectivity index (χ0) is 15.2. The third-order valence-electron chi connectivity index (χ3n) is 3.29. The number of amides is 1. The fourth-order valence-corrected chi connectivity index (χ4v) is 2.58. The summed E-state index contributed by atoms with van der Waals surface area (Å²) in [6, 6.07) is 9.68. The molecule has 1 atom stereocenters. The molecule has 2 rings (SSSR count). The number of thiocarbonyl (C=S) groups is 1. The topological polar surface area (TPSA) is 55.4 Å². The number of ketones is 1. The summed E-state index contributed by atoms with van der Waals surface area (Å²) < 4.78 is 4.77. The van der Waals surface area contributed by atoms with Gasteiger partial charge in [0.1, 0.15) is 0 Å². The zero-order valence-electron chi connectivity index (χ0n) is 11.8. The van der Waals surface area contributed by atoms with Gasteiger partial charge in [0.25, 0.3) is 0 Å². The fourth-order valence-electron chi connectivity index (χ4n) is 2.28. The molecule has 0 bridgehead atoms. The number of rotatable bonds is 3. The van der Waals surface area contributed by atoms with Crippen molar-refractivity contribution in [3.8, 4) is 0 Å². The van der Waals surface area contributed by atoms with E-state index in [0.29, 0.717) is 12.8 Å². The summed E-state index contributed by atoms with van der Waals surface area (Å²) >= 11 is 5.14. The lowest BCUT2D eigenvalue weighted by Crippen LogP contribution is -2.36. The number of carbonyl (C=O) groups excluding carboxylic acids is 2. The predicted octanol–water partition coefficient (Wildman–Crippen LogP) is 3.12. The molecule has 0 aromatic heterocycles. The molecule has 1 amide bonds. The largest absolute Gasteiger partial charge is 0.450 e. The number of hydrogen-bond donors (Lipinski definition) is 1. The minimum absolute atomic E-state index is 0.0133. The maximum Gasteiger partial charge on any atom is 0.412 e. The van der Waals surface area contributed by atoms with Crippen LogP contribution in [0, 0.1) is 5.92 Å². The lowest BCUT2D eigenvalue weighted by atomic mass is 10.0.